The van der Waals surface area contributed by atoms with Crippen molar-refractivity contribution in [3.8, 4) is 0 Å². The number of rotatable bonds is 7. The van der Waals surface area contributed by atoms with Crippen LogP contribution in [0, 0.1) is 0 Å². The molecule has 138 valence electrons. The molecule has 3 aromatic rings. The van der Waals surface area contributed by atoms with Crippen LogP contribution in [-0.4, -0.2) is 28.1 Å². The number of nitrogens with one attached hydrogen (secondary N) is 2. The Morgan fingerprint density at radius 1 is 1.07 bits per heavy atom. The van der Waals surface area contributed by atoms with Crippen molar-refractivity contribution in [1.82, 2.24) is 15.2 Å². The number of hydrogen-bond acceptors (Lipinski definition) is 4. The van der Waals surface area contributed by atoms with Crippen LogP contribution in [0.2, 0.25) is 0 Å². The van der Waals surface area contributed by atoms with Gasteiger partial charge in [0.15, 0.2) is 5.11 Å². The Labute approximate surface area is 164 Å². The van der Waals surface area contributed by atoms with Gasteiger partial charge in [-0.05, 0) is 55.0 Å². The van der Waals surface area contributed by atoms with Gasteiger partial charge in [-0.1, -0.05) is 24.3 Å². The molecule has 0 aliphatic carbocycles. The number of hydrogen-bond donors (Lipinski definition) is 2. The van der Waals surface area contributed by atoms with Crippen molar-refractivity contribution in [2.24, 2.45) is 0 Å². The molecule has 4 rings (SSSR count). The van der Waals surface area contributed by atoms with Crippen LogP contribution in [0.5, 0.6) is 0 Å². The fourth-order valence-corrected chi connectivity index (χ4v) is 3.78. The predicted octanol–water partition coefficient (Wildman–Crippen LogP) is 4.15. The number of anilines is 1. The Kier molecular flexibility index (Phi) is 5.34. The van der Waals surface area contributed by atoms with E-state index in [-0.39, 0.29) is 12.1 Å². The maximum absolute atomic E-state index is 5.74. The Morgan fingerprint density at radius 3 is 2.67 bits per heavy atom. The number of aromatic nitrogens is 1. The fraction of sp³-hybridized carbons (Fsp3) is 0.238. The highest BCUT2D eigenvalue weighted by molar-refractivity contribution is 7.80. The Hall–Kier alpha value is -2.86. The van der Waals surface area contributed by atoms with Crippen LogP contribution in [0.25, 0.3) is 0 Å². The number of pyridine rings is 1. The first-order valence-electron chi connectivity index (χ1n) is 9.13. The van der Waals surface area contributed by atoms with E-state index in [1.165, 1.54) is 0 Å². The third-order valence-electron chi connectivity index (χ3n) is 4.71. The summed E-state index contributed by atoms with van der Waals surface area (Å²) in [4.78, 5) is 6.73. The van der Waals surface area contributed by atoms with Crippen LogP contribution in [0.3, 0.4) is 0 Å². The highest BCUT2D eigenvalue weighted by Gasteiger charge is 2.40. The van der Waals surface area contributed by atoms with Gasteiger partial charge in [-0.15, -0.1) is 0 Å². The van der Waals surface area contributed by atoms with Crippen LogP contribution >= 0.6 is 12.2 Å². The summed E-state index contributed by atoms with van der Waals surface area (Å²) in [5.74, 6) is 0.897. The minimum Gasteiger partial charge on any atom is -0.467 e. The highest BCUT2D eigenvalue weighted by Crippen LogP contribution is 2.38. The molecule has 1 aliphatic rings. The second-order valence-electron chi connectivity index (χ2n) is 6.48. The van der Waals surface area contributed by atoms with Gasteiger partial charge in [-0.3, -0.25) is 4.98 Å². The minimum absolute atomic E-state index is 0.000810. The van der Waals surface area contributed by atoms with Crippen molar-refractivity contribution in [3.63, 3.8) is 0 Å². The Balaban J connectivity index is 1.46. The van der Waals surface area contributed by atoms with Gasteiger partial charge in [-0.25, -0.2) is 0 Å². The molecule has 1 saturated heterocycles. The van der Waals surface area contributed by atoms with E-state index in [1.807, 2.05) is 54.7 Å². The van der Waals surface area contributed by atoms with Crippen molar-refractivity contribution in [2.45, 2.75) is 18.5 Å². The molecule has 5 nitrogen and oxygen atoms in total. The summed E-state index contributed by atoms with van der Waals surface area (Å²) in [5.41, 5.74) is 2.10. The minimum atomic E-state index is -0.0214. The molecule has 0 bridgehead atoms. The van der Waals surface area contributed by atoms with Crippen molar-refractivity contribution in [1.29, 1.82) is 0 Å². The predicted molar refractivity (Wildman–Crippen MR) is 110 cm³/mol. The number of thiocarbonyl (C=S) groups is 1. The molecule has 2 atom stereocenters. The molecule has 2 aromatic heterocycles. The summed E-state index contributed by atoms with van der Waals surface area (Å²) in [5, 5.41) is 7.62. The lowest BCUT2D eigenvalue weighted by atomic mass is 10.0. The normalized spacial score (nSPS) is 19.1. The third kappa shape index (κ3) is 3.95. The SMILES string of the molecule is S=C1N[C@H](c2ccccn2)[C@H](c2ccco2)N1CCCNc1ccccc1. The molecule has 0 spiro atoms. The van der Waals surface area contributed by atoms with Crippen molar-refractivity contribution >= 4 is 23.0 Å². The van der Waals surface area contributed by atoms with Crippen LogP contribution < -0.4 is 10.6 Å². The third-order valence-corrected chi connectivity index (χ3v) is 5.06. The van der Waals surface area contributed by atoms with Crippen LogP contribution in [0.1, 0.15) is 30.0 Å². The average molecular weight is 379 g/mol. The lowest BCUT2D eigenvalue weighted by Crippen LogP contribution is -2.31. The second-order valence-corrected chi connectivity index (χ2v) is 6.87. The molecular weight excluding hydrogens is 356 g/mol. The number of furan rings is 1. The molecule has 0 amide bonds. The van der Waals surface area contributed by atoms with Gasteiger partial charge < -0.3 is 20.0 Å². The van der Waals surface area contributed by atoms with E-state index in [4.69, 9.17) is 16.6 Å². The van der Waals surface area contributed by atoms with Crippen LogP contribution in [-0.2, 0) is 0 Å². The summed E-state index contributed by atoms with van der Waals surface area (Å²) < 4.78 is 5.74. The first-order chi connectivity index (χ1) is 13.3. The van der Waals surface area contributed by atoms with E-state index in [0.717, 1.165) is 41.8 Å². The topological polar surface area (TPSA) is 53.3 Å². The van der Waals surface area contributed by atoms with Gasteiger partial charge in [0.1, 0.15) is 11.8 Å². The summed E-state index contributed by atoms with van der Waals surface area (Å²) in [6.07, 6.45) is 4.48. The fourth-order valence-electron chi connectivity index (χ4n) is 3.45. The van der Waals surface area contributed by atoms with Crippen LogP contribution in [0.15, 0.2) is 77.5 Å². The maximum Gasteiger partial charge on any atom is 0.170 e. The molecule has 1 aromatic carbocycles. The summed E-state index contributed by atoms with van der Waals surface area (Å²) >= 11 is 5.64. The Morgan fingerprint density at radius 2 is 1.93 bits per heavy atom. The lowest BCUT2D eigenvalue weighted by Gasteiger charge is -2.26. The molecule has 1 fully saturated rings. The first kappa shape index (κ1) is 17.5. The van der Waals surface area contributed by atoms with E-state index in [9.17, 15) is 0 Å². The summed E-state index contributed by atoms with van der Waals surface area (Å²) in [7, 11) is 0. The smallest absolute Gasteiger partial charge is 0.170 e. The van der Waals surface area contributed by atoms with Gasteiger partial charge in [0.2, 0.25) is 0 Å². The van der Waals surface area contributed by atoms with Crippen molar-refractivity contribution in [3.05, 3.63) is 84.6 Å². The molecule has 0 unspecified atom stereocenters. The van der Waals surface area contributed by atoms with Gasteiger partial charge in [0.25, 0.3) is 0 Å². The molecule has 6 heteroatoms. The van der Waals surface area contributed by atoms with E-state index in [2.05, 4.69) is 32.7 Å². The molecular formula is C21H22N4OS. The maximum atomic E-state index is 5.74. The zero-order valence-electron chi connectivity index (χ0n) is 14.9. The molecule has 3 heterocycles. The zero-order chi connectivity index (χ0) is 18.5. The summed E-state index contributed by atoms with van der Waals surface area (Å²) in [6, 6.07) is 20.1. The molecule has 2 N–H and O–H groups in total. The molecule has 1 aliphatic heterocycles. The zero-order valence-corrected chi connectivity index (χ0v) is 15.7. The summed E-state index contributed by atoms with van der Waals surface area (Å²) in [6.45, 7) is 1.71. The quantitative estimate of drug-likeness (QED) is 0.476. The average Bonchev–Trinajstić information content (AvgIpc) is 3.35. The monoisotopic (exact) mass is 378 g/mol. The molecule has 0 radical (unpaired) electrons. The first-order valence-corrected chi connectivity index (χ1v) is 9.54. The van der Waals surface area contributed by atoms with Gasteiger partial charge in [0, 0.05) is 25.0 Å². The lowest BCUT2D eigenvalue weighted by molar-refractivity contribution is 0.272. The standard InChI is InChI=1S/C21H22N4OS/c27-21-24-19(17-10-4-5-12-23-17)20(18-11-6-15-26-18)25(21)14-7-13-22-16-8-2-1-3-9-16/h1-6,8-12,15,19-20,22H,7,13-14H2,(H,24,27)/t19-,20+/m1/s1. The van der Waals surface area contributed by atoms with E-state index in [0.29, 0.717) is 0 Å². The molecule has 0 saturated carbocycles. The van der Waals surface area contributed by atoms with E-state index >= 15 is 0 Å². The van der Waals surface area contributed by atoms with Gasteiger partial charge >= 0.3 is 0 Å². The van der Waals surface area contributed by atoms with Crippen LogP contribution in [0.4, 0.5) is 5.69 Å². The van der Waals surface area contributed by atoms with Crippen molar-refractivity contribution < 1.29 is 4.42 Å². The van der Waals surface area contributed by atoms with Crippen molar-refractivity contribution in [2.75, 3.05) is 18.4 Å². The largest absolute Gasteiger partial charge is 0.467 e. The highest BCUT2D eigenvalue weighted by atomic mass is 32.1. The Bertz CT molecular complexity index is 854. The van der Waals surface area contributed by atoms with Gasteiger partial charge in [0.05, 0.1) is 18.0 Å². The molecule has 27 heavy (non-hydrogen) atoms. The number of para-hydroxylation sites is 1. The number of nitrogens with zero attached hydrogens (tertiary/aromatic N) is 2. The van der Waals surface area contributed by atoms with Gasteiger partial charge in [-0.2, -0.15) is 0 Å². The number of benzene rings is 1. The van der Waals surface area contributed by atoms with E-state index < -0.39 is 0 Å². The second kappa shape index (κ2) is 8.22. The van der Waals surface area contributed by atoms with E-state index in [1.54, 1.807) is 6.26 Å².